The number of amides is 2. The van der Waals surface area contributed by atoms with Crippen molar-refractivity contribution in [2.45, 2.75) is 26.2 Å². The second kappa shape index (κ2) is 5.96. The second-order valence-electron chi connectivity index (χ2n) is 6.66. The Labute approximate surface area is 139 Å². The molecule has 1 aromatic carbocycles. The molecule has 7 heteroatoms. The number of benzene rings is 1. The minimum Gasteiger partial charge on any atom is -0.494 e. The number of hydrogen-bond donors (Lipinski definition) is 2. The molecule has 1 aromatic rings. The van der Waals surface area contributed by atoms with Gasteiger partial charge in [-0.1, -0.05) is 6.42 Å². The van der Waals surface area contributed by atoms with Crippen LogP contribution in [0.5, 0.6) is 5.75 Å². The van der Waals surface area contributed by atoms with Gasteiger partial charge in [-0.3, -0.25) is 4.79 Å². The maximum Gasteiger partial charge on any atom is 0.321 e. The van der Waals surface area contributed by atoms with E-state index in [1.54, 1.807) is 6.92 Å². The zero-order valence-electron chi connectivity index (χ0n) is 13.8. The van der Waals surface area contributed by atoms with Crippen LogP contribution >= 0.6 is 0 Å². The van der Waals surface area contributed by atoms with Crippen molar-refractivity contribution in [1.82, 2.24) is 4.90 Å². The number of anilines is 1. The van der Waals surface area contributed by atoms with Crippen LogP contribution in [0.15, 0.2) is 12.1 Å². The van der Waals surface area contributed by atoms with Crippen molar-refractivity contribution >= 4 is 17.7 Å². The molecule has 1 heterocycles. The lowest BCUT2D eigenvalue weighted by Crippen LogP contribution is -2.38. The van der Waals surface area contributed by atoms with Crippen LogP contribution in [-0.2, 0) is 4.79 Å². The van der Waals surface area contributed by atoms with E-state index in [9.17, 15) is 19.1 Å². The molecule has 2 fully saturated rings. The molecule has 1 aliphatic carbocycles. The quantitative estimate of drug-likeness (QED) is 0.889. The van der Waals surface area contributed by atoms with Crippen LogP contribution in [0.2, 0.25) is 0 Å². The van der Waals surface area contributed by atoms with Crippen molar-refractivity contribution in [2.24, 2.45) is 11.3 Å². The van der Waals surface area contributed by atoms with Crippen molar-refractivity contribution in [3.05, 3.63) is 23.5 Å². The first-order chi connectivity index (χ1) is 11.4. The van der Waals surface area contributed by atoms with Gasteiger partial charge in [-0.25, -0.2) is 9.18 Å². The Balaban J connectivity index is 1.75. The summed E-state index contributed by atoms with van der Waals surface area (Å²) in [5.41, 5.74) is 0.214. The number of aryl methyl sites for hydroxylation is 1. The van der Waals surface area contributed by atoms with Crippen LogP contribution in [0, 0.1) is 24.1 Å². The van der Waals surface area contributed by atoms with Gasteiger partial charge < -0.3 is 20.1 Å². The van der Waals surface area contributed by atoms with Gasteiger partial charge in [0.1, 0.15) is 0 Å². The van der Waals surface area contributed by atoms with Crippen LogP contribution in [0.1, 0.15) is 24.8 Å². The number of fused-ring (bicyclic) bond motifs is 1. The van der Waals surface area contributed by atoms with Crippen molar-refractivity contribution in [2.75, 3.05) is 25.5 Å². The van der Waals surface area contributed by atoms with E-state index in [-0.39, 0.29) is 18.2 Å². The third-order valence-electron chi connectivity index (χ3n) is 5.32. The number of nitrogens with zero attached hydrogens (tertiary/aromatic N) is 1. The van der Waals surface area contributed by atoms with Crippen LogP contribution in [0.25, 0.3) is 0 Å². The highest BCUT2D eigenvalue weighted by molar-refractivity contribution is 5.91. The molecule has 1 saturated heterocycles. The average Bonchev–Trinajstić information content (AvgIpc) is 3.08. The van der Waals surface area contributed by atoms with E-state index in [2.05, 4.69) is 5.32 Å². The summed E-state index contributed by atoms with van der Waals surface area (Å²) < 4.78 is 18.8. The van der Waals surface area contributed by atoms with E-state index in [1.165, 1.54) is 24.1 Å². The Morgan fingerprint density at radius 2 is 2.21 bits per heavy atom. The van der Waals surface area contributed by atoms with Crippen molar-refractivity contribution in [1.29, 1.82) is 0 Å². The highest BCUT2D eigenvalue weighted by Gasteiger charge is 2.55. The molecule has 24 heavy (non-hydrogen) atoms. The fraction of sp³-hybridized carbons (Fsp3) is 0.529. The lowest BCUT2D eigenvalue weighted by molar-refractivity contribution is -0.149. The van der Waals surface area contributed by atoms with Gasteiger partial charge in [0.05, 0.1) is 12.5 Å². The number of carbonyl (C=O) groups is 2. The van der Waals surface area contributed by atoms with E-state index in [0.29, 0.717) is 24.2 Å². The minimum absolute atomic E-state index is 0.00514. The largest absolute Gasteiger partial charge is 0.494 e. The molecular weight excluding hydrogens is 315 g/mol. The maximum absolute atomic E-state index is 13.8. The Kier molecular flexibility index (Phi) is 4.11. The Morgan fingerprint density at radius 3 is 2.83 bits per heavy atom. The Morgan fingerprint density at radius 1 is 1.46 bits per heavy atom. The molecule has 6 nitrogen and oxygen atoms in total. The Hall–Kier alpha value is -2.31. The molecule has 2 N–H and O–H groups in total. The van der Waals surface area contributed by atoms with Gasteiger partial charge in [-0.2, -0.15) is 0 Å². The standard InChI is InChI=1S/C17H21FN2O4/c1-10-6-14(24-2)12(18)7-13(10)19-16(23)20-8-11-4-3-5-17(11,9-20)15(21)22/h6-7,11H,3-5,8-9H2,1-2H3,(H,19,23)(H,21,22)/t11-,17+/m0/s1. The first-order valence-electron chi connectivity index (χ1n) is 8.01. The summed E-state index contributed by atoms with van der Waals surface area (Å²) in [4.78, 5) is 25.7. The topological polar surface area (TPSA) is 78.9 Å². The predicted octanol–water partition coefficient (Wildman–Crippen LogP) is 2.86. The minimum atomic E-state index is -0.827. The summed E-state index contributed by atoms with van der Waals surface area (Å²) in [5, 5.41) is 12.3. The number of aliphatic carboxylic acids is 1. The number of likely N-dealkylation sites (tertiary alicyclic amines) is 1. The summed E-state index contributed by atoms with van der Waals surface area (Å²) in [7, 11) is 1.38. The van der Waals surface area contributed by atoms with Crippen molar-refractivity contribution in [3.63, 3.8) is 0 Å². The number of rotatable bonds is 3. The van der Waals surface area contributed by atoms with Crippen LogP contribution < -0.4 is 10.1 Å². The summed E-state index contributed by atoms with van der Waals surface area (Å²) in [5.74, 6) is -1.27. The number of urea groups is 1. The summed E-state index contributed by atoms with van der Waals surface area (Å²) >= 11 is 0. The highest BCUT2D eigenvalue weighted by atomic mass is 19.1. The SMILES string of the molecule is COc1cc(C)c(NC(=O)N2C[C@@H]3CCC[C@@]3(C(=O)O)C2)cc1F. The average molecular weight is 336 g/mol. The third kappa shape index (κ3) is 2.57. The van der Waals surface area contributed by atoms with Crippen LogP contribution in [0.3, 0.4) is 0 Å². The molecule has 0 aromatic heterocycles. The van der Waals surface area contributed by atoms with E-state index < -0.39 is 23.2 Å². The molecule has 1 saturated carbocycles. The molecule has 2 aliphatic rings. The summed E-state index contributed by atoms with van der Waals surface area (Å²) in [6.45, 7) is 2.38. The molecule has 3 rings (SSSR count). The van der Waals surface area contributed by atoms with E-state index in [0.717, 1.165) is 12.8 Å². The summed E-state index contributed by atoms with van der Waals surface area (Å²) in [6, 6.07) is 2.34. The number of methoxy groups -OCH3 is 1. The van der Waals surface area contributed by atoms with Gasteiger partial charge >= 0.3 is 12.0 Å². The molecule has 0 radical (unpaired) electrons. The molecule has 0 bridgehead atoms. The molecule has 0 unspecified atom stereocenters. The number of hydrogen-bond acceptors (Lipinski definition) is 3. The molecule has 2 atom stereocenters. The van der Waals surface area contributed by atoms with Crippen molar-refractivity contribution in [3.8, 4) is 5.75 Å². The first-order valence-corrected chi connectivity index (χ1v) is 8.01. The number of carboxylic acids is 1. The van der Waals surface area contributed by atoms with Gasteiger partial charge in [0, 0.05) is 24.8 Å². The monoisotopic (exact) mass is 336 g/mol. The normalized spacial score (nSPS) is 25.5. The molecule has 2 amide bonds. The van der Waals surface area contributed by atoms with Gasteiger partial charge in [-0.15, -0.1) is 0 Å². The molecule has 130 valence electrons. The van der Waals surface area contributed by atoms with E-state index in [1.807, 2.05) is 0 Å². The van der Waals surface area contributed by atoms with Crippen molar-refractivity contribution < 1.29 is 23.8 Å². The lowest BCUT2D eigenvalue weighted by atomic mass is 9.81. The van der Waals surface area contributed by atoms with E-state index in [4.69, 9.17) is 4.74 Å². The number of halogens is 1. The smallest absolute Gasteiger partial charge is 0.321 e. The van der Waals surface area contributed by atoms with Gasteiger partial charge in [-0.05, 0) is 37.3 Å². The number of carbonyl (C=O) groups excluding carboxylic acids is 1. The zero-order chi connectivity index (χ0) is 17.5. The highest BCUT2D eigenvalue weighted by Crippen LogP contribution is 2.49. The molecular formula is C17H21FN2O4. The fourth-order valence-corrected chi connectivity index (χ4v) is 3.93. The van der Waals surface area contributed by atoms with E-state index >= 15 is 0 Å². The van der Waals surface area contributed by atoms with Crippen LogP contribution in [0.4, 0.5) is 14.9 Å². The number of nitrogens with one attached hydrogen (secondary N) is 1. The van der Waals surface area contributed by atoms with Crippen LogP contribution in [-0.4, -0.2) is 42.2 Å². The number of carboxylic acid groups (broad SMARTS) is 1. The summed E-state index contributed by atoms with van der Waals surface area (Å²) in [6.07, 6.45) is 2.31. The van der Waals surface area contributed by atoms with Gasteiger partial charge in [0.15, 0.2) is 11.6 Å². The molecule has 0 spiro atoms. The Bertz CT molecular complexity index is 693. The number of ether oxygens (including phenoxy) is 1. The maximum atomic E-state index is 13.8. The first kappa shape index (κ1) is 16.5. The fourth-order valence-electron chi connectivity index (χ4n) is 3.93. The molecule has 1 aliphatic heterocycles. The van der Waals surface area contributed by atoms with Gasteiger partial charge in [0.25, 0.3) is 0 Å². The third-order valence-corrected chi connectivity index (χ3v) is 5.32. The second-order valence-corrected chi connectivity index (χ2v) is 6.66. The lowest BCUT2D eigenvalue weighted by Gasteiger charge is -2.23. The predicted molar refractivity (Wildman–Crippen MR) is 85.7 cm³/mol. The van der Waals surface area contributed by atoms with Gasteiger partial charge in [0.2, 0.25) is 0 Å². The zero-order valence-corrected chi connectivity index (χ0v) is 13.8.